The van der Waals surface area contributed by atoms with Gasteiger partial charge in [0.2, 0.25) is 10.0 Å². The Morgan fingerprint density at radius 3 is 2.22 bits per heavy atom. The van der Waals surface area contributed by atoms with E-state index >= 15 is 0 Å². The maximum absolute atomic E-state index is 12.2. The van der Waals surface area contributed by atoms with Gasteiger partial charge in [0.25, 0.3) is 0 Å². The van der Waals surface area contributed by atoms with Gasteiger partial charge in [0, 0.05) is 24.7 Å². The Morgan fingerprint density at radius 2 is 1.59 bits per heavy atom. The molecule has 2 rings (SSSR count). The van der Waals surface area contributed by atoms with E-state index in [-0.39, 0.29) is 11.8 Å². The molecule has 0 atom stereocenters. The van der Waals surface area contributed by atoms with Crippen LogP contribution in [0.2, 0.25) is 0 Å². The van der Waals surface area contributed by atoms with Crippen LogP contribution in [-0.4, -0.2) is 28.7 Å². The summed E-state index contributed by atoms with van der Waals surface area (Å²) >= 11 is 0. The van der Waals surface area contributed by atoms with Gasteiger partial charge in [-0.05, 0) is 43.2 Å². The molecule has 0 amide bonds. The van der Waals surface area contributed by atoms with Crippen LogP contribution in [0.5, 0.6) is 11.5 Å². The van der Waals surface area contributed by atoms with Crippen molar-refractivity contribution >= 4 is 10.0 Å². The SMILES string of the molecule is COc1ccc(OC)c(CNCc2ccccc2CS(=O)(=O)NC(C)C)c1. The monoisotopic (exact) mass is 392 g/mol. The predicted molar refractivity (Wildman–Crippen MR) is 107 cm³/mol. The molecule has 0 aromatic heterocycles. The van der Waals surface area contributed by atoms with Crippen molar-refractivity contribution in [1.82, 2.24) is 10.0 Å². The van der Waals surface area contributed by atoms with E-state index in [0.29, 0.717) is 13.1 Å². The average Bonchev–Trinajstić information content (AvgIpc) is 2.61. The minimum atomic E-state index is -3.37. The molecule has 2 aromatic carbocycles. The highest BCUT2D eigenvalue weighted by Crippen LogP contribution is 2.24. The van der Waals surface area contributed by atoms with Gasteiger partial charge in [0.1, 0.15) is 11.5 Å². The van der Waals surface area contributed by atoms with Crippen molar-refractivity contribution in [3.05, 3.63) is 59.2 Å². The molecule has 0 unspecified atom stereocenters. The lowest BCUT2D eigenvalue weighted by Crippen LogP contribution is -2.31. The lowest BCUT2D eigenvalue weighted by Gasteiger charge is -2.14. The number of rotatable bonds is 10. The first kappa shape index (κ1) is 21.2. The minimum Gasteiger partial charge on any atom is -0.497 e. The van der Waals surface area contributed by atoms with Crippen molar-refractivity contribution in [3.8, 4) is 11.5 Å². The second kappa shape index (κ2) is 9.73. The van der Waals surface area contributed by atoms with Crippen molar-refractivity contribution in [1.29, 1.82) is 0 Å². The zero-order valence-corrected chi connectivity index (χ0v) is 17.1. The summed E-state index contributed by atoms with van der Waals surface area (Å²) in [6.07, 6.45) is 0. The molecule has 0 saturated carbocycles. The van der Waals surface area contributed by atoms with Crippen LogP contribution >= 0.6 is 0 Å². The molecule has 0 aliphatic carbocycles. The molecule has 2 aromatic rings. The molecular formula is C20H28N2O4S. The number of ether oxygens (including phenoxy) is 2. The Hall–Kier alpha value is -2.09. The van der Waals surface area contributed by atoms with Gasteiger partial charge in [-0.15, -0.1) is 0 Å². The van der Waals surface area contributed by atoms with E-state index in [9.17, 15) is 8.42 Å². The number of nitrogens with one attached hydrogen (secondary N) is 2. The van der Waals surface area contributed by atoms with Gasteiger partial charge >= 0.3 is 0 Å². The molecule has 0 heterocycles. The quantitative estimate of drug-likeness (QED) is 0.650. The molecule has 0 radical (unpaired) electrons. The summed E-state index contributed by atoms with van der Waals surface area (Å²) in [5, 5.41) is 3.36. The molecule has 0 saturated heterocycles. The summed E-state index contributed by atoms with van der Waals surface area (Å²) in [7, 11) is -0.110. The zero-order valence-electron chi connectivity index (χ0n) is 16.3. The molecule has 0 bridgehead atoms. The number of hydrogen-bond acceptors (Lipinski definition) is 5. The third-order valence-electron chi connectivity index (χ3n) is 4.00. The highest BCUT2D eigenvalue weighted by atomic mass is 32.2. The number of sulfonamides is 1. The highest BCUT2D eigenvalue weighted by molar-refractivity contribution is 7.88. The Balaban J connectivity index is 2.07. The maximum atomic E-state index is 12.2. The van der Waals surface area contributed by atoms with Crippen molar-refractivity contribution in [2.24, 2.45) is 0 Å². The number of methoxy groups -OCH3 is 2. The van der Waals surface area contributed by atoms with Gasteiger partial charge in [-0.1, -0.05) is 24.3 Å². The van der Waals surface area contributed by atoms with Gasteiger partial charge in [0.15, 0.2) is 0 Å². The van der Waals surface area contributed by atoms with Gasteiger partial charge in [-0.25, -0.2) is 13.1 Å². The molecule has 0 fully saturated rings. The third-order valence-corrected chi connectivity index (χ3v) is 5.52. The van der Waals surface area contributed by atoms with E-state index in [1.165, 1.54) is 0 Å². The first-order chi connectivity index (χ1) is 12.8. The van der Waals surface area contributed by atoms with Gasteiger partial charge in [-0.2, -0.15) is 0 Å². The second-order valence-corrected chi connectivity index (χ2v) is 8.34. The summed E-state index contributed by atoms with van der Waals surface area (Å²) < 4.78 is 37.8. The molecule has 6 nitrogen and oxygen atoms in total. The van der Waals surface area contributed by atoms with Crippen molar-refractivity contribution in [2.75, 3.05) is 14.2 Å². The molecular weight excluding hydrogens is 364 g/mol. The zero-order chi connectivity index (χ0) is 19.9. The number of benzene rings is 2. The lowest BCUT2D eigenvalue weighted by molar-refractivity contribution is 0.397. The summed E-state index contributed by atoms with van der Waals surface area (Å²) in [6, 6.07) is 13.1. The molecule has 0 aliphatic rings. The fourth-order valence-electron chi connectivity index (χ4n) is 2.83. The Kier molecular flexibility index (Phi) is 7.65. The topological polar surface area (TPSA) is 76.7 Å². The Bertz CT molecular complexity index is 851. The van der Waals surface area contributed by atoms with Crippen molar-refractivity contribution in [3.63, 3.8) is 0 Å². The largest absolute Gasteiger partial charge is 0.497 e. The fourth-order valence-corrected chi connectivity index (χ4v) is 4.32. The van der Waals surface area contributed by atoms with Crippen LogP contribution in [0.4, 0.5) is 0 Å². The lowest BCUT2D eigenvalue weighted by atomic mass is 10.1. The van der Waals surface area contributed by atoms with E-state index < -0.39 is 10.0 Å². The highest BCUT2D eigenvalue weighted by Gasteiger charge is 2.15. The second-order valence-electron chi connectivity index (χ2n) is 6.58. The summed E-state index contributed by atoms with van der Waals surface area (Å²) in [4.78, 5) is 0. The van der Waals surface area contributed by atoms with Crippen LogP contribution in [0.15, 0.2) is 42.5 Å². The van der Waals surface area contributed by atoms with Gasteiger partial charge < -0.3 is 14.8 Å². The van der Waals surface area contributed by atoms with Crippen LogP contribution in [0.1, 0.15) is 30.5 Å². The molecule has 0 spiro atoms. The smallest absolute Gasteiger partial charge is 0.216 e. The molecule has 148 valence electrons. The summed E-state index contributed by atoms with van der Waals surface area (Å²) in [5.41, 5.74) is 2.72. The van der Waals surface area contributed by atoms with Crippen molar-refractivity contribution < 1.29 is 17.9 Å². The summed E-state index contributed by atoms with van der Waals surface area (Å²) in [5.74, 6) is 1.50. The van der Waals surface area contributed by atoms with E-state index in [1.54, 1.807) is 14.2 Å². The van der Waals surface area contributed by atoms with E-state index in [1.807, 2.05) is 56.3 Å². The van der Waals surface area contributed by atoms with Crippen LogP contribution in [0, 0.1) is 0 Å². The normalized spacial score (nSPS) is 11.6. The van der Waals surface area contributed by atoms with E-state index in [0.717, 1.165) is 28.2 Å². The van der Waals surface area contributed by atoms with Crippen molar-refractivity contribution in [2.45, 2.75) is 38.7 Å². The van der Waals surface area contributed by atoms with E-state index in [2.05, 4.69) is 10.0 Å². The van der Waals surface area contributed by atoms with Crippen LogP contribution in [-0.2, 0) is 28.9 Å². The Labute approximate surface area is 161 Å². The first-order valence-electron chi connectivity index (χ1n) is 8.83. The molecule has 2 N–H and O–H groups in total. The van der Waals surface area contributed by atoms with Gasteiger partial charge in [0.05, 0.1) is 20.0 Å². The third kappa shape index (κ3) is 6.53. The minimum absolute atomic E-state index is 0.0362. The molecule has 7 heteroatoms. The molecule has 0 aliphatic heterocycles. The maximum Gasteiger partial charge on any atom is 0.216 e. The van der Waals surface area contributed by atoms with Crippen LogP contribution < -0.4 is 19.5 Å². The van der Waals surface area contributed by atoms with Crippen LogP contribution in [0.3, 0.4) is 0 Å². The van der Waals surface area contributed by atoms with Crippen LogP contribution in [0.25, 0.3) is 0 Å². The first-order valence-corrected chi connectivity index (χ1v) is 10.5. The Morgan fingerprint density at radius 1 is 0.926 bits per heavy atom. The van der Waals surface area contributed by atoms with E-state index in [4.69, 9.17) is 9.47 Å². The van der Waals surface area contributed by atoms with Gasteiger partial charge in [-0.3, -0.25) is 0 Å². The average molecular weight is 393 g/mol. The summed E-state index contributed by atoms with van der Waals surface area (Å²) in [6.45, 7) is 4.75. The molecule has 27 heavy (non-hydrogen) atoms. The standard InChI is InChI=1S/C20H28N2O4S/c1-15(2)22-27(23,24)14-17-8-6-5-7-16(17)12-21-13-18-11-19(25-3)9-10-20(18)26-4/h5-11,15,21-22H,12-14H2,1-4H3. The predicted octanol–water partition coefficient (Wildman–Crippen LogP) is 2.82. The number of hydrogen-bond donors (Lipinski definition) is 2. The fraction of sp³-hybridized carbons (Fsp3) is 0.400.